The molecular formula is C16H24N4O2. The predicted octanol–water partition coefficient (Wildman–Crippen LogP) is 1.05. The first-order valence-electron chi connectivity index (χ1n) is 8.08. The molecule has 2 aliphatic heterocycles. The number of ether oxygens (including phenoxy) is 1. The van der Waals surface area contributed by atoms with Crippen LogP contribution in [0.2, 0.25) is 0 Å². The summed E-state index contributed by atoms with van der Waals surface area (Å²) in [5.74, 6) is 0.0567. The quantitative estimate of drug-likeness (QED) is 0.817. The fourth-order valence-corrected chi connectivity index (χ4v) is 3.58. The number of rotatable bonds is 2. The van der Waals surface area contributed by atoms with Crippen LogP contribution in [0.3, 0.4) is 0 Å². The second kappa shape index (κ2) is 6.71. The van der Waals surface area contributed by atoms with Crippen LogP contribution in [0.15, 0.2) is 18.5 Å². The zero-order chi connectivity index (χ0) is 15.4. The van der Waals surface area contributed by atoms with Gasteiger partial charge in [-0.15, -0.1) is 0 Å². The molecule has 0 radical (unpaired) electrons. The fourth-order valence-electron chi connectivity index (χ4n) is 3.58. The largest absolute Gasteiger partial charge is 0.379 e. The van der Waals surface area contributed by atoms with Gasteiger partial charge in [0.2, 0.25) is 0 Å². The van der Waals surface area contributed by atoms with E-state index in [1.54, 1.807) is 18.5 Å². The molecule has 22 heavy (non-hydrogen) atoms. The van der Waals surface area contributed by atoms with Crippen molar-refractivity contribution in [2.75, 3.05) is 45.9 Å². The van der Waals surface area contributed by atoms with E-state index < -0.39 is 0 Å². The number of amides is 1. The van der Waals surface area contributed by atoms with Crippen LogP contribution < -0.4 is 0 Å². The van der Waals surface area contributed by atoms with E-state index in [1.807, 2.05) is 4.90 Å². The molecule has 2 aliphatic rings. The lowest BCUT2D eigenvalue weighted by molar-refractivity contribution is 0.00764. The first-order chi connectivity index (χ1) is 10.7. The van der Waals surface area contributed by atoms with Gasteiger partial charge in [0.15, 0.2) is 0 Å². The lowest BCUT2D eigenvalue weighted by atomic mass is 9.80. The number of hydrogen-bond donors (Lipinski definition) is 0. The molecule has 3 heterocycles. The van der Waals surface area contributed by atoms with Crippen LogP contribution in [-0.2, 0) is 4.74 Å². The monoisotopic (exact) mass is 304 g/mol. The minimum atomic E-state index is 0.0567. The number of aromatic nitrogens is 2. The molecule has 0 bridgehead atoms. The van der Waals surface area contributed by atoms with Gasteiger partial charge in [-0.25, -0.2) is 0 Å². The molecule has 1 aromatic rings. The zero-order valence-corrected chi connectivity index (χ0v) is 13.2. The van der Waals surface area contributed by atoms with Crippen molar-refractivity contribution in [1.29, 1.82) is 0 Å². The number of likely N-dealkylation sites (tertiary alicyclic amines) is 1. The summed E-state index contributed by atoms with van der Waals surface area (Å²) in [6.45, 7) is 8.35. The number of hydrogen-bond acceptors (Lipinski definition) is 5. The molecule has 2 saturated heterocycles. The van der Waals surface area contributed by atoms with Crippen LogP contribution in [0.5, 0.6) is 0 Å². The smallest absolute Gasteiger partial charge is 0.255 e. The van der Waals surface area contributed by atoms with Gasteiger partial charge in [-0.05, 0) is 25.5 Å². The molecule has 0 aromatic carbocycles. The van der Waals surface area contributed by atoms with E-state index in [-0.39, 0.29) is 11.3 Å². The number of carbonyl (C=O) groups excluding carboxylic acids is 1. The predicted molar refractivity (Wildman–Crippen MR) is 82.5 cm³/mol. The summed E-state index contributed by atoms with van der Waals surface area (Å²) in [6, 6.07) is 1.73. The van der Waals surface area contributed by atoms with Crippen molar-refractivity contribution in [3.63, 3.8) is 0 Å². The van der Waals surface area contributed by atoms with E-state index in [4.69, 9.17) is 4.74 Å². The highest BCUT2D eigenvalue weighted by atomic mass is 16.5. The molecule has 120 valence electrons. The lowest BCUT2D eigenvalue weighted by Crippen LogP contribution is -2.52. The Morgan fingerprint density at radius 3 is 3.05 bits per heavy atom. The fraction of sp³-hybridized carbons (Fsp3) is 0.688. The standard InChI is InChI=1S/C16H24N4O2/c1-2-19-8-9-22-13-16(11-19)5-3-7-20(12-16)15(21)14-4-6-17-18-10-14/h4,6,10H,2-3,5,7-9,11-13H2,1H3. The van der Waals surface area contributed by atoms with E-state index in [9.17, 15) is 4.79 Å². The Bertz CT molecular complexity index is 510. The normalized spacial score (nSPS) is 26.9. The van der Waals surface area contributed by atoms with Crippen molar-refractivity contribution in [3.8, 4) is 0 Å². The van der Waals surface area contributed by atoms with Crippen LogP contribution in [0.4, 0.5) is 0 Å². The Hall–Kier alpha value is -1.53. The molecular weight excluding hydrogens is 280 g/mol. The van der Waals surface area contributed by atoms with E-state index in [0.29, 0.717) is 5.56 Å². The van der Waals surface area contributed by atoms with Crippen molar-refractivity contribution in [3.05, 3.63) is 24.0 Å². The molecule has 0 saturated carbocycles. The Labute approximate surface area is 131 Å². The van der Waals surface area contributed by atoms with Gasteiger partial charge in [-0.2, -0.15) is 10.2 Å². The highest BCUT2D eigenvalue weighted by Crippen LogP contribution is 2.33. The maximum atomic E-state index is 12.7. The highest BCUT2D eigenvalue weighted by Gasteiger charge is 2.40. The van der Waals surface area contributed by atoms with Gasteiger partial charge >= 0.3 is 0 Å². The molecule has 0 aliphatic carbocycles. The minimum Gasteiger partial charge on any atom is -0.379 e. The number of nitrogens with zero attached hydrogens (tertiary/aromatic N) is 4. The molecule has 1 amide bonds. The minimum absolute atomic E-state index is 0.0567. The van der Waals surface area contributed by atoms with Crippen molar-refractivity contribution < 1.29 is 9.53 Å². The topological polar surface area (TPSA) is 58.6 Å². The molecule has 6 heteroatoms. The number of likely N-dealkylation sites (N-methyl/N-ethyl adjacent to an activating group) is 1. The summed E-state index contributed by atoms with van der Waals surface area (Å²) < 4.78 is 5.85. The lowest BCUT2D eigenvalue weighted by Gasteiger charge is -2.43. The van der Waals surface area contributed by atoms with Gasteiger partial charge in [-0.3, -0.25) is 4.79 Å². The maximum Gasteiger partial charge on any atom is 0.255 e. The average molecular weight is 304 g/mol. The van der Waals surface area contributed by atoms with Gasteiger partial charge in [0.25, 0.3) is 5.91 Å². The number of piperidine rings is 1. The van der Waals surface area contributed by atoms with Crippen LogP contribution >= 0.6 is 0 Å². The summed E-state index contributed by atoms with van der Waals surface area (Å²) in [5, 5.41) is 7.56. The van der Waals surface area contributed by atoms with Crippen molar-refractivity contribution in [2.24, 2.45) is 5.41 Å². The Morgan fingerprint density at radius 1 is 1.36 bits per heavy atom. The summed E-state index contributed by atoms with van der Waals surface area (Å²) >= 11 is 0. The molecule has 0 N–H and O–H groups in total. The van der Waals surface area contributed by atoms with Crippen LogP contribution in [-0.4, -0.2) is 71.8 Å². The Balaban J connectivity index is 1.74. The van der Waals surface area contributed by atoms with Crippen molar-refractivity contribution in [1.82, 2.24) is 20.0 Å². The van der Waals surface area contributed by atoms with E-state index in [2.05, 4.69) is 22.0 Å². The first kappa shape index (κ1) is 15.4. The van der Waals surface area contributed by atoms with Gasteiger partial charge in [0.1, 0.15) is 0 Å². The molecule has 2 fully saturated rings. The average Bonchev–Trinajstić information content (AvgIpc) is 2.77. The van der Waals surface area contributed by atoms with E-state index in [1.165, 1.54) is 0 Å². The van der Waals surface area contributed by atoms with Gasteiger partial charge in [0, 0.05) is 31.6 Å². The molecule has 1 aromatic heterocycles. The SMILES string of the molecule is CCN1CCOCC2(CCCN(C(=O)c3ccnnc3)C2)C1. The Morgan fingerprint density at radius 2 is 2.27 bits per heavy atom. The van der Waals surface area contributed by atoms with E-state index in [0.717, 1.165) is 58.8 Å². The van der Waals surface area contributed by atoms with Gasteiger partial charge < -0.3 is 14.5 Å². The Kier molecular flexibility index (Phi) is 4.69. The molecule has 1 unspecified atom stereocenters. The number of carbonyl (C=O) groups is 1. The van der Waals surface area contributed by atoms with Gasteiger partial charge in [0.05, 0.1) is 31.2 Å². The maximum absolute atomic E-state index is 12.7. The van der Waals surface area contributed by atoms with E-state index >= 15 is 0 Å². The van der Waals surface area contributed by atoms with Crippen molar-refractivity contribution >= 4 is 5.91 Å². The summed E-state index contributed by atoms with van der Waals surface area (Å²) in [4.78, 5) is 17.1. The third kappa shape index (κ3) is 3.28. The summed E-state index contributed by atoms with van der Waals surface area (Å²) in [5.41, 5.74) is 0.690. The summed E-state index contributed by atoms with van der Waals surface area (Å²) in [7, 11) is 0. The van der Waals surface area contributed by atoms with Crippen LogP contribution in [0.25, 0.3) is 0 Å². The second-order valence-corrected chi connectivity index (χ2v) is 6.38. The second-order valence-electron chi connectivity index (χ2n) is 6.38. The zero-order valence-electron chi connectivity index (χ0n) is 13.2. The van der Waals surface area contributed by atoms with Gasteiger partial charge in [-0.1, -0.05) is 6.92 Å². The molecule has 6 nitrogen and oxygen atoms in total. The highest BCUT2D eigenvalue weighted by molar-refractivity contribution is 5.93. The van der Waals surface area contributed by atoms with Crippen LogP contribution in [0, 0.1) is 5.41 Å². The molecule has 3 rings (SSSR count). The third-order valence-corrected chi connectivity index (χ3v) is 4.75. The van der Waals surface area contributed by atoms with Crippen molar-refractivity contribution in [2.45, 2.75) is 19.8 Å². The summed E-state index contributed by atoms with van der Waals surface area (Å²) in [6.07, 6.45) is 5.28. The molecule has 1 spiro atoms. The third-order valence-electron chi connectivity index (χ3n) is 4.75. The molecule has 1 atom stereocenters. The first-order valence-corrected chi connectivity index (χ1v) is 8.08. The van der Waals surface area contributed by atoms with Crippen LogP contribution in [0.1, 0.15) is 30.1 Å².